The van der Waals surface area contributed by atoms with E-state index in [9.17, 15) is 0 Å². The molecule has 2 aromatic rings. The number of fused-ring (bicyclic) bond motifs is 1. The minimum Gasteiger partial charge on any atom is -0.313 e. The van der Waals surface area contributed by atoms with Crippen LogP contribution in [0.25, 0.3) is 10.9 Å². The number of nitrogens with one attached hydrogen (secondary N) is 1. The molecule has 0 amide bonds. The SMILES string of the molecule is CNC(c1cccc2cccnc12)C1CCCC1. The smallest absolute Gasteiger partial charge is 0.0749 e. The number of aromatic nitrogens is 1. The molecule has 2 heteroatoms. The van der Waals surface area contributed by atoms with E-state index >= 15 is 0 Å². The molecule has 1 N–H and O–H groups in total. The lowest BCUT2D eigenvalue weighted by Gasteiger charge is -2.24. The number of hydrogen-bond acceptors (Lipinski definition) is 2. The Morgan fingerprint density at radius 1 is 1.17 bits per heavy atom. The maximum atomic E-state index is 4.58. The fourth-order valence-electron chi connectivity index (χ4n) is 3.31. The van der Waals surface area contributed by atoms with Gasteiger partial charge in [0.25, 0.3) is 0 Å². The lowest BCUT2D eigenvalue weighted by Crippen LogP contribution is -2.24. The third-order valence-corrected chi connectivity index (χ3v) is 4.18. The van der Waals surface area contributed by atoms with Crippen LogP contribution in [-0.4, -0.2) is 12.0 Å². The van der Waals surface area contributed by atoms with Crippen molar-refractivity contribution in [3.05, 3.63) is 42.1 Å². The second-order valence-corrected chi connectivity index (χ2v) is 5.23. The molecule has 1 atom stereocenters. The summed E-state index contributed by atoms with van der Waals surface area (Å²) in [6, 6.07) is 11.1. The van der Waals surface area contributed by atoms with E-state index in [1.807, 2.05) is 12.3 Å². The fraction of sp³-hybridized carbons (Fsp3) is 0.438. The van der Waals surface area contributed by atoms with Crippen LogP contribution in [0.5, 0.6) is 0 Å². The fourth-order valence-corrected chi connectivity index (χ4v) is 3.31. The lowest BCUT2D eigenvalue weighted by molar-refractivity contribution is 0.392. The van der Waals surface area contributed by atoms with Crippen LogP contribution in [0.3, 0.4) is 0 Å². The van der Waals surface area contributed by atoms with Crippen LogP contribution >= 0.6 is 0 Å². The number of pyridine rings is 1. The van der Waals surface area contributed by atoms with Crippen molar-refractivity contribution in [2.75, 3.05) is 7.05 Å². The summed E-state index contributed by atoms with van der Waals surface area (Å²) < 4.78 is 0. The highest BCUT2D eigenvalue weighted by Crippen LogP contribution is 2.37. The van der Waals surface area contributed by atoms with E-state index < -0.39 is 0 Å². The summed E-state index contributed by atoms with van der Waals surface area (Å²) >= 11 is 0. The van der Waals surface area contributed by atoms with Crippen LogP contribution in [0.4, 0.5) is 0 Å². The van der Waals surface area contributed by atoms with Gasteiger partial charge in [-0.1, -0.05) is 37.1 Å². The third-order valence-electron chi connectivity index (χ3n) is 4.18. The molecule has 1 heterocycles. The minimum absolute atomic E-state index is 0.450. The van der Waals surface area contributed by atoms with Crippen LogP contribution in [0, 0.1) is 5.92 Å². The van der Waals surface area contributed by atoms with E-state index in [2.05, 4.69) is 41.6 Å². The van der Waals surface area contributed by atoms with Gasteiger partial charge in [-0.25, -0.2) is 0 Å². The highest BCUT2D eigenvalue weighted by atomic mass is 14.9. The van der Waals surface area contributed by atoms with E-state index in [0.717, 1.165) is 11.4 Å². The van der Waals surface area contributed by atoms with E-state index in [4.69, 9.17) is 0 Å². The first-order valence-electron chi connectivity index (χ1n) is 6.91. The van der Waals surface area contributed by atoms with Crippen molar-refractivity contribution in [1.29, 1.82) is 0 Å². The van der Waals surface area contributed by atoms with Crippen LogP contribution in [0.1, 0.15) is 37.3 Å². The van der Waals surface area contributed by atoms with E-state index in [1.165, 1.54) is 36.6 Å². The molecule has 0 spiro atoms. The summed E-state index contributed by atoms with van der Waals surface area (Å²) in [7, 11) is 2.07. The second-order valence-electron chi connectivity index (χ2n) is 5.23. The molecule has 0 saturated heterocycles. The molecular weight excluding hydrogens is 220 g/mol. The van der Waals surface area contributed by atoms with Crippen molar-refractivity contribution in [1.82, 2.24) is 10.3 Å². The molecule has 0 bridgehead atoms. The van der Waals surface area contributed by atoms with Gasteiger partial charge in [-0.3, -0.25) is 4.98 Å². The first kappa shape index (κ1) is 11.7. The van der Waals surface area contributed by atoms with E-state index in [0.29, 0.717) is 6.04 Å². The quantitative estimate of drug-likeness (QED) is 0.885. The first-order chi connectivity index (χ1) is 8.90. The number of para-hydroxylation sites is 1. The van der Waals surface area contributed by atoms with Crippen molar-refractivity contribution in [3.63, 3.8) is 0 Å². The highest BCUT2D eigenvalue weighted by molar-refractivity contribution is 5.82. The Balaban J connectivity index is 2.06. The van der Waals surface area contributed by atoms with Gasteiger partial charge in [0.2, 0.25) is 0 Å². The summed E-state index contributed by atoms with van der Waals surface area (Å²) in [4.78, 5) is 4.58. The van der Waals surface area contributed by atoms with Crippen molar-refractivity contribution < 1.29 is 0 Å². The molecule has 1 aliphatic rings. The van der Waals surface area contributed by atoms with Gasteiger partial charge in [-0.2, -0.15) is 0 Å². The zero-order valence-corrected chi connectivity index (χ0v) is 10.9. The average Bonchev–Trinajstić information content (AvgIpc) is 2.94. The van der Waals surface area contributed by atoms with E-state index in [1.54, 1.807) is 0 Å². The normalized spacial score (nSPS) is 18.3. The monoisotopic (exact) mass is 240 g/mol. The molecule has 94 valence electrons. The number of benzene rings is 1. The zero-order valence-electron chi connectivity index (χ0n) is 10.9. The van der Waals surface area contributed by atoms with Gasteiger partial charge < -0.3 is 5.32 Å². The van der Waals surface area contributed by atoms with Gasteiger partial charge in [0.05, 0.1) is 5.52 Å². The van der Waals surface area contributed by atoms with E-state index in [-0.39, 0.29) is 0 Å². The van der Waals surface area contributed by atoms with Gasteiger partial charge in [0, 0.05) is 17.6 Å². The predicted molar refractivity (Wildman–Crippen MR) is 75.5 cm³/mol. The minimum atomic E-state index is 0.450. The molecule has 0 aliphatic heterocycles. The molecular formula is C16H20N2. The van der Waals surface area contributed by atoms with Gasteiger partial charge >= 0.3 is 0 Å². The van der Waals surface area contributed by atoms with Gasteiger partial charge in [0.15, 0.2) is 0 Å². The average molecular weight is 240 g/mol. The third kappa shape index (κ3) is 2.01. The zero-order chi connectivity index (χ0) is 12.4. The Hall–Kier alpha value is -1.41. The molecule has 1 aromatic heterocycles. The summed E-state index contributed by atoms with van der Waals surface area (Å²) in [6.45, 7) is 0. The summed E-state index contributed by atoms with van der Waals surface area (Å²) in [5.74, 6) is 0.766. The topological polar surface area (TPSA) is 24.9 Å². The Kier molecular flexibility index (Phi) is 3.28. The van der Waals surface area contributed by atoms with Gasteiger partial charge in [0.1, 0.15) is 0 Å². The van der Waals surface area contributed by atoms with Crippen LogP contribution < -0.4 is 5.32 Å². The first-order valence-corrected chi connectivity index (χ1v) is 6.91. The molecule has 18 heavy (non-hydrogen) atoms. The lowest BCUT2D eigenvalue weighted by atomic mass is 9.90. The predicted octanol–water partition coefficient (Wildman–Crippen LogP) is 3.69. The Morgan fingerprint density at radius 2 is 1.94 bits per heavy atom. The number of hydrogen-bond donors (Lipinski definition) is 1. The summed E-state index contributed by atoms with van der Waals surface area (Å²) in [6.07, 6.45) is 7.33. The maximum absolute atomic E-state index is 4.58. The molecule has 1 unspecified atom stereocenters. The molecule has 0 radical (unpaired) electrons. The van der Waals surface area contributed by atoms with Crippen molar-refractivity contribution in [3.8, 4) is 0 Å². The molecule has 1 aromatic carbocycles. The maximum Gasteiger partial charge on any atom is 0.0749 e. The van der Waals surface area contributed by atoms with Crippen molar-refractivity contribution in [2.45, 2.75) is 31.7 Å². The Morgan fingerprint density at radius 3 is 2.72 bits per heavy atom. The Bertz CT molecular complexity index is 524. The number of nitrogens with zero attached hydrogens (tertiary/aromatic N) is 1. The second kappa shape index (κ2) is 5.07. The molecule has 3 rings (SSSR count). The molecule has 1 fully saturated rings. The summed E-state index contributed by atoms with van der Waals surface area (Å²) in [5.41, 5.74) is 2.52. The standard InChI is InChI=1S/C16H20N2/c1-17-15(12-6-2-3-7-12)14-10-4-8-13-9-5-11-18-16(13)14/h4-5,8-12,15,17H,2-3,6-7H2,1H3. The van der Waals surface area contributed by atoms with Crippen molar-refractivity contribution >= 4 is 10.9 Å². The van der Waals surface area contributed by atoms with Crippen LogP contribution in [0.15, 0.2) is 36.5 Å². The molecule has 1 aliphatic carbocycles. The molecule has 2 nitrogen and oxygen atoms in total. The van der Waals surface area contributed by atoms with Crippen LogP contribution in [0.2, 0.25) is 0 Å². The highest BCUT2D eigenvalue weighted by Gasteiger charge is 2.26. The molecule has 1 saturated carbocycles. The Labute approximate surface area is 108 Å². The van der Waals surface area contributed by atoms with Crippen LogP contribution in [-0.2, 0) is 0 Å². The van der Waals surface area contributed by atoms with Gasteiger partial charge in [-0.05, 0) is 37.4 Å². The number of rotatable bonds is 3. The van der Waals surface area contributed by atoms with Crippen molar-refractivity contribution in [2.24, 2.45) is 5.92 Å². The largest absolute Gasteiger partial charge is 0.313 e. The van der Waals surface area contributed by atoms with Gasteiger partial charge in [-0.15, -0.1) is 0 Å². The summed E-state index contributed by atoms with van der Waals surface area (Å²) in [5, 5.41) is 4.76.